The van der Waals surface area contributed by atoms with E-state index in [1.54, 1.807) is 104 Å². The molecule has 9 aromatic carbocycles. The van der Waals surface area contributed by atoms with Gasteiger partial charge >= 0.3 is 0 Å². The van der Waals surface area contributed by atoms with Gasteiger partial charge in [0.2, 0.25) is 0 Å². The number of phenols is 1. The van der Waals surface area contributed by atoms with Gasteiger partial charge in [0.1, 0.15) is 45.7 Å². The molecule has 0 radical (unpaired) electrons. The number of benzene rings is 9. The fourth-order valence-corrected chi connectivity index (χ4v) is 15.0. The van der Waals surface area contributed by atoms with Crippen molar-refractivity contribution < 1.29 is 57.8 Å². The first-order valence-corrected chi connectivity index (χ1v) is 46.0. The molecule has 8 heterocycles. The lowest BCUT2D eigenvalue weighted by Gasteiger charge is -2.18. The molecule has 28 heteroatoms. The summed E-state index contributed by atoms with van der Waals surface area (Å²) in [6.07, 6.45) is 0. The fraction of sp³-hybridized carbons (Fsp3) is 0.277. The number of ether oxygens (including phenoxy) is 1. The summed E-state index contributed by atoms with van der Waals surface area (Å²) < 4.78 is 5.19. The number of nitrogens with one attached hydrogen (secondary N) is 11. The van der Waals surface area contributed by atoms with Crippen molar-refractivity contribution in [3.63, 3.8) is 0 Å². The molecular formula is C112H126N16O12. The molecule has 140 heavy (non-hydrogen) atoms. The lowest BCUT2D eigenvalue weighted by atomic mass is 9.86. The number of H-pyrrole nitrogens is 8. The third-order valence-corrected chi connectivity index (χ3v) is 23.0. The molecule has 0 saturated carbocycles. The number of anilines is 5. The van der Waals surface area contributed by atoms with E-state index in [0.717, 1.165) is 112 Å². The van der Waals surface area contributed by atoms with Gasteiger partial charge in [-0.1, -0.05) is 131 Å². The molecule has 17 aromatic rings. The van der Waals surface area contributed by atoms with Gasteiger partial charge in [0.25, 0.3) is 23.6 Å². The number of carbonyl (C=O) groups is 10. The van der Waals surface area contributed by atoms with Crippen molar-refractivity contribution in [3.05, 3.63) is 287 Å². The molecule has 0 aliphatic rings. The number of phenolic OH excluding ortho intramolecular Hbond substituents is 1. The number of aromatic hydroxyl groups is 1. The highest BCUT2D eigenvalue weighted by molar-refractivity contribution is 6.14. The van der Waals surface area contributed by atoms with Gasteiger partial charge < -0.3 is 86.9 Å². The number of aryl methyl sites for hydroxylation is 1. The number of nitrogens with zero attached hydrogens (tertiary/aromatic N) is 3. The van der Waals surface area contributed by atoms with Crippen LogP contribution >= 0.6 is 0 Å². The van der Waals surface area contributed by atoms with Gasteiger partial charge in [0.15, 0.2) is 34.7 Å². The van der Waals surface area contributed by atoms with Crippen LogP contribution in [-0.4, -0.2) is 159 Å². The zero-order valence-electron chi connectivity index (χ0n) is 83.7. The number of aromatic amines is 8. The first-order chi connectivity index (χ1) is 65.5. The van der Waals surface area contributed by atoms with E-state index >= 15 is 0 Å². The SMILES string of the molecule is CC(C)(C)C(=O)c1cc2c([nH]1)[nH]c1cc(NC(=O)c3ccc(O)cc3)ccc12.CC(C)(C)C(=O)c1cc2cc(C(=O)Nc3ccc(N)cc3)[nH]c2[nH]1.CC(C)(C)C(=O)c1ccc2[nH]c(C(=O)Nc3ccc(N)cc3)cc2c1.CN(C)CCN(C)C(=O)c1cc2cc(C(=O)C(C)(C)C)ccc2[nH]1.COc1ccc(-c2cc3cc(C(=O)C(C)(C)C)ccc3[nH]2)cc1.Cc1nc2ccc(C(=O)C(C)(C)C)cc2[nH]1. The van der Waals surface area contributed by atoms with Crippen LogP contribution in [0, 0.1) is 39.4 Å². The van der Waals surface area contributed by atoms with E-state index in [-0.39, 0.29) is 74.9 Å². The van der Waals surface area contributed by atoms with Crippen LogP contribution in [0.15, 0.2) is 224 Å². The maximum absolute atomic E-state index is 12.5. The molecule has 726 valence electrons. The number of amides is 4. The minimum atomic E-state index is -0.461. The van der Waals surface area contributed by atoms with Crippen LogP contribution < -0.4 is 32.2 Å². The number of Topliss-reactive ketones (excluding diaryl/α,β-unsaturated/α-hetero) is 6. The highest BCUT2D eigenvalue weighted by atomic mass is 16.5. The summed E-state index contributed by atoms with van der Waals surface area (Å²) >= 11 is 0. The molecule has 8 aromatic heterocycles. The third-order valence-electron chi connectivity index (χ3n) is 23.0. The number of hydrogen-bond donors (Lipinski definition) is 14. The van der Waals surface area contributed by atoms with Gasteiger partial charge in [-0.3, -0.25) is 47.9 Å². The second-order valence-electron chi connectivity index (χ2n) is 41.4. The van der Waals surface area contributed by atoms with Crippen LogP contribution in [0.2, 0.25) is 0 Å². The Morgan fingerprint density at radius 3 is 1.22 bits per heavy atom. The van der Waals surface area contributed by atoms with Crippen molar-refractivity contribution in [2.24, 2.45) is 32.5 Å². The number of aromatic nitrogens is 9. The smallest absolute Gasteiger partial charge is 0.272 e. The lowest BCUT2D eigenvalue weighted by Crippen LogP contribution is -2.33. The van der Waals surface area contributed by atoms with Crippen LogP contribution in [-0.2, 0) is 0 Å². The Morgan fingerprint density at radius 1 is 0.343 bits per heavy atom. The Bertz CT molecular complexity index is 7460. The quantitative estimate of drug-likeness (QED) is 0.0280. The number of nitrogens with two attached hydrogens (primary N) is 2. The molecule has 0 fully saturated rings. The average Bonchev–Trinajstić information content (AvgIpc) is 1.61. The number of imidazole rings is 1. The Labute approximate surface area is 813 Å². The van der Waals surface area contributed by atoms with E-state index in [4.69, 9.17) is 16.2 Å². The van der Waals surface area contributed by atoms with Gasteiger partial charge in [-0.15, -0.1) is 0 Å². The average molecular weight is 1890 g/mol. The Morgan fingerprint density at radius 2 is 0.743 bits per heavy atom. The van der Waals surface area contributed by atoms with Crippen LogP contribution in [0.25, 0.3) is 88.0 Å². The van der Waals surface area contributed by atoms with Crippen LogP contribution in [0.1, 0.15) is 235 Å². The second kappa shape index (κ2) is 41.5. The van der Waals surface area contributed by atoms with E-state index in [1.165, 1.54) is 12.1 Å². The van der Waals surface area contributed by atoms with E-state index in [9.17, 15) is 53.1 Å². The molecule has 16 N–H and O–H groups in total. The summed E-state index contributed by atoms with van der Waals surface area (Å²) in [5.41, 5.74) is 26.8. The van der Waals surface area contributed by atoms with Gasteiger partial charge in [0.05, 0.1) is 29.5 Å². The zero-order valence-corrected chi connectivity index (χ0v) is 83.7. The van der Waals surface area contributed by atoms with Crippen molar-refractivity contribution in [1.82, 2.24) is 54.7 Å². The molecule has 0 saturated heterocycles. The largest absolute Gasteiger partial charge is 0.508 e. The number of fused-ring (bicyclic) bond motifs is 8. The number of likely N-dealkylation sites (N-methyl/N-ethyl adjacent to an activating group) is 2. The molecule has 0 spiro atoms. The van der Waals surface area contributed by atoms with Crippen molar-refractivity contribution in [2.45, 2.75) is 132 Å². The lowest BCUT2D eigenvalue weighted by molar-refractivity contribution is 0.0778. The Hall–Kier alpha value is -16.0. The summed E-state index contributed by atoms with van der Waals surface area (Å²) in [5, 5.41) is 23.3. The summed E-state index contributed by atoms with van der Waals surface area (Å²) in [5.74, 6) is 1.59. The first kappa shape index (κ1) is 103. The Balaban J connectivity index is 0.000000151. The molecule has 0 bridgehead atoms. The van der Waals surface area contributed by atoms with Crippen molar-refractivity contribution in [3.8, 4) is 22.8 Å². The summed E-state index contributed by atoms with van der Waals surface area (Å²) in [6, 6.07) is 66.9. The minimum Gasteiger partial charge on any atom is -0.508 e. The molecule has 17 rings (SSSR count). The number of ketones is 6. The molecule has 0 atom stereocenters. The predicted octanol–water partition coefficient (Wildman–Crippen LogP) is 23.8. The molecule has 28 nitrogen and oxygen atoms in total. The van der Waals surface area contributed by atoms with Crippen LogP contribution in [0.5, 0.6) is 11.5 Å². The van der Waals surface area contributed by atoms with E-state index in [2.05, 4.69) is 66.9 Å². The minimum absolute atomic E-state index is 0.0278. The molecule has 0 aliphatic carbocycles. The number of rotatable bonds is 18. The molecule has 0 aliphatic heterocycles. The zero-order chi connectivity index (χ0) is 102. The number of methoxy groups -OCH3 is 1. The van der Waals surface area contributed by atoms with Gasteiger partial charge in [-0.05, 0) is 245 Å². The normalized spacial score (nSPS) is 11.7. The Kier molecular flexibility index (Phi) is 30.5. The maximum Gasteiger partial charge on any atom is 0.272 e. The van der Waals surface area contributed by atoms with Crippen molar-refractivity contribution in [1.29, 1.82) is 0 Å². The molecular weight excluding hydrogens is 1760 g/mol. The fourth-order valence-electron chi connectivity index (χ4n) is 15.0. The topological polar surface area (TPSA) is 434 Å². The van der Waals surface area contributed by atoms with Gasteiger partial charge in [-0.2, -0.15) is 0 Å². The standard InChI is InChI=1S/C22H21N3O3.C20H21N3O2.C20H21NO2.C19H27N3O2.C18H20N4O2.C13H16N2O/c1-22(2,3)19(27)18-11-16-15-9-6-13(10-17(15)24-20(16)25-18)23-21(28)12-4-7-14(26)8-5-12;1-20(2,3)18(24)12-4-9-16-13(10-12)11-17(23-16)19(25)22-15-7-5-14(21)6-8-15;1-20(2,3)19(22)14-7-10-17-15(11-14)12-18(21-17)13-5-8-16(23-4)9-6-13;1-19(2,3)17(23)13-7-8-15-14(11-13)12-16(20-15)18(24)22(6)10-9-21(4)5;1-18(2,3)15(23)13-8-10-9-14(22-16(10)21-13)17(24)20-12-6-4-11(19)5-7-12;1-8-14-10-6-5-9(7-11(10)15-8)12(16)13(2,3)4/h4-11,24-26H,1-3H3,(H,23,28);4-11,23H,21H2,1-3H3,(H,22,25);5-12,21H,1-4H3;7-8,11-12,20H,9-10H2,1-6H3;4-9,21-22H,19H2,1-3H3,(H,20,24);5-7H,1-4H3,(H,14,15). The first-order valence-electron chi connectivity index (χ1n) is 46.0. The van der Waals surface area contributed by atoms with E-state index in [0.29, 0.717) is 85.8 Å². The third kappa shape index (κ3) is 25.6. The van der Waals surface area contributed by atoms with Crippen molar-refractivity contribution in [2.75, 3.05) is 68.8 Å². The molecule has 0 unspecified atom stereocenters. The van der Waals surface area contributed by atoms with Gasteiger partial charge in [0, 0.05) is 169 Å². The number of nitrogen functional groups attached to an aromatic ring is 2. The van der Waals surface area contributed by atoms with Crippen LogP contribution in [0.3, 0.4) is 0 Å². The summed E-state index contributed by atoms with van der Waals surface area (Å²) in [6.45, 7) is 37.7. The van der Waals surface area contributed by atoms with E-state index in [1.807, 2.05) is 272 Å². The van der Waals surface area contributed by atoms with E-state index < -0.39 is 21.7 Å². The molecule has 4 amide bonds. The van der Waals surface area contributed by atoms with Gasteiger partial charge in [-0.25, -0.2) is 4.98 Å². The highest BCUT2D eigenvalue weighted by Crippen LogP contribution is 2.36. The summed E-state index contributed by atoms with van der Waals surface area (Å²) in [7, 11) is 7.42. The number of carbonyl (C=O) groups excluding carboxylic acids is 10. The highest BCUT2D eigenvalue weighted by Gasteiger charge is 2.31. The number of hydrogen-bond acceptors (Lipinski definition) is 16. The monoisotopic (exact) mass is 1890 g/mol. The predicted molar refractivity (Wildman–Crippen MR) is 562 cm³/mol. The summed E-state index contributed by atoms with van der Waals surface area (Å²) in [4.78, 5) is 157. The van der Waals surface area contributed by atoms with Crippen molar-refractivity contribution >= 4 is 163 Å². The van der Waals surface area contributed by atoms with Crippen LogP contribution in [0.4, 0.5) is 28.4 Å². The maximum atomic E-state index is 12.5. The second-order valence-corrected chi connectivity index (χ2v) is 41.4.